The molecule has 0 spiro atoms. The molecule has 2 N–H and O–H groups in total. The number of anilines is 1. The van der Waals surface area contributed by atoms with E-state index in [1.165, 1.54) is 12.1 Å². The Labute approximate surface area is 181 Å². The van der Waals surface area contributed by atoms with Crippen molar-refractivity contribution >= 4 is 17.5 Å². The number of carbonyl (C=O) groups is 2. The van der Waals surface area contributed by atoms with Crippen LogP contribution in [0.5, 0.6) is 0 Å². The van der Waals surface area contributed by atoms with Crippen molar-refractivity contribution in [2.24, 2.45) is 0 Å². The predicted molar refractivity (Wildman–Crippen MR) is 120 cm³/mol. The lowest BCUT2D eigenvalue weighted by molar-refractivity contribution is -0.117. The molecule has 0 aliphatic heterocycles. The molecule has 0 heterocycles. The average molecular weight is 420 g/mol. The van der Waals surface area contributed by atoms with E-state index in [9.17, 15) is 14.0 Å². The van der Waals surface area contributed by atoms with Crippen LogP contribution in [0.25, 0.3) is 0 Å². The summed E-state index contributed by atoms with van der Waals surface area (Å²) in [5.41, 5.74) is 2.77. The van der Waals surface area contributed by atoms with E-state index in [0.29, 0.717) is 17.8 Å². The van der Waals surface area contributed by atoms with Gasteiger partial charge in [0.15, 0.2) is 0 Å². The normalized spacial score (nSPS) is 11.7. The smallest absolute Gasteiger partial charge is 0.253 e. The van der Waals surface area contributed by atoms with Crippen LogP contribution in [0.2, 0.25) is 0 Å². The Kier molecular flexibility index (Phi) is 7.51. The van der Waals surface area contributed by atoms with Crippen LogP contribution in [0, 0.1) is 5.82 Å². The minimum Gasteiger partial charge on any atom is -0.345 e. The van der Waals surface area contributed by atoms with Gasteiger partial charge in [0.1, 0.15) is 5.82 Å². The molecule has 3 aromatic carbocycles. The molecule has 6 heteroatoms. The SMILES string of the molecule is C[C@@H](NC(=O)c1ccccc1NC(=O)CN(C)Cc1ccc(F)cc1)c1ccccc1. The third-order valence-electron chi connectivity index (χ3n) is 4.87. The number of hydrogen-bond acceptors (Lipinski definition) is 3. The van der Waals surface area contributed by atoms with Gasteiger partial charge in [-0.05, 0) is 49.4 Å². The fraction of sp³-hybridized carbons (Fsp3) is 0.200. The highest BCUT2D eigenvalue weighted by atomic mass is 19.1. The van der Waals surface area contributed by atoms with Crippen molar-refractivity contribution in [2.45, 2.75) is 19.5 Å². The summed E-state index contributed by atoms with van der Waals surface area (Å²) >= 11 is 0. The highest BCUT2D eigenvalue weighted by Crippen LogP contribution is 2.18. The van der Waals surface area contributed by atoms with Crippen LogP contribution in [-0.4, -0.2) is 30.3 Å². The fourth-order valence-corrected chi connectivity index (χ4v) is 3.28. The maximum absolute atomic E-state index is 13.0. The molecule has 0 saturated heterocycles. The number of carbonyl (C=O) groups excluding carboxylic acids is 2. The van der Waals surface area contributed by atoms with Gasteiger partial charge in [0.05, 0.1) is 23.8 Å². The van der Waals surface area contributed by atoms with Crippen LogP contribution in [0.4, 0.5) is 10.1 Å². The number of likely N-dealkylation sites (N-methyl/N-ethyl adjacent to an activating group) is 1. The monoisotopic (exact) mass is 419 g/mol. The third-order valence-corrected chi connectivity index (χ3v) is 4.87. The van der Waals surface area contributed by atoms with Crippen molar-refractivity contribution in [3.8, 4) is 0 Å². The van der Waals surface area contributed by atoms with Crippen molar-refractivity contribution in [3.05, 3.63) is 101 Å². The minimum absolute atomic E-state index is 0.133. The summed E-state index contributed by atoms with van der Waals surface area (Å²) in [7, 11) is 1.81. The topological polar surface area (TPSA) is 61.4 Å². The number of hydrogen-bond donors (Lipinski definition) is 2. The molecule has 5 nitrogen and oxygen atoms in total. The number of benzene rings is 3. The van der Waals surface area contributed by atoms with E-state index in [4.69, 9.17) is 0 Å². The lowest BCUT2D eigenvalue weighted by Gasteiger charge is -2.18. The molecule has 3 aromatic rings. The molecular weight excluding hydrogens is 393 g/mol. The lowest BCUT2D eigenvalue weighted by Crippen LogP contribution is -2.31. The van der Waals surface area contributed by atoms with Crippen LogP contribution in [0.1, 0.15) is 34.5 Å². The first kappa shape index (κ1) is 22.2. The third kappa shape index (κ3) is 6.49. The Morgan fingerprint density at radius 2 is 1.58 bits per heavy atom. The number of para-hydroxylation sites is 1. The molecule has 1 atom stereocenters. The second-order valence-electron chi connectivity index (χ2n) is 7.50. The fourth-order valence-electron chi connectivity index (χ4n) is 3.28. The zero-order valence-corrected chi connectivity index (χ0v) is 17.6. The van der Waals surface area contributed by atoms with Crippen LogP contribution in [-0.2, 0) is 11.3 Å². The summed E-state index contributed by atoms with van der Waals surface area (Å²) in [6.45, 7) is 2.55. The van der Waals surface area contributed by atoms with Crippen LogP contribution in [0.15, 0.2) is 78.9 Å². The van der Waals surface area contributed by atoms with E-state index in [2.05, 4.69) is 10.6 Å². The van der Waals surface area contributed by atoms with Gasteiger partial charge in [-0.15, -0.1) is 0 Å². The summed E-state index contributed by atoms with van der Waals surface area (Å²) in [6, 6.07) is 22.6. The van der Waals surface area contributed by atoms with Gasteiger partial charge in [-0.3, -0.25) is 14.5 Å². The van der Waals surface area contributed by atoms with Gasteiger partial charge in [0, 0.05) is 6.54 Å². The standard InChI is InChI=1S/C25H26FN3O2/c1-18(20-8-4-3-5-9-20)27-25(31)22-10-6-7-11-23(22)28-24(30)17-29(2)16-19-12-14-21(26)15-13-19/h3-15,18H,16-17H2,1-2H3,(H,27,31)(H,28,30)/t18-/m1/s1. The zero-order chi connectivity index (χ0) is 22.2. The van der Waals surface area contributed by atoms with E-state index in [0.717, 1.165) is 11.1 Å². The highest BCUT2D eigenvalue weighted by molar-refractivity contribution is 6.04. The van der Waals surface area contributed by atoms with E-state index >= 15 is 0 Å². The van der Waals surface area contributed by atoms with Crippen molar-refractivity contribution in [1.29, 1.82) is 0 Å². The highest BCUT2D eigenvalue weighted by Gasteiger charge is 2.16. The maximum Gasteiger partial charge on any atom is 0.253 e. The largest absolute Gasteiger partial charge is 0.345 e. The molecule has 0 fully saturated rings. The first-order valence-corrected chi connectivity index (χ1v) is 10.1. The average Bonchev–Trinajstić information content (AvgIpc) is 2.76. The molecule has 0 bridgehead atoms. The molecule has 0 radical (unpaired) electrons. The first-order chi connectivity index (χ1) is 14.9. The van der Waals surface area contributed by atoms with Crippen molar-refractivity contribution in [3.63, 3.8) is 0 Å². The zero-order valence-electron chi connectivity index (χ0n) is 17.6. The maximum atomic E-state index is 13.0. The van der Waals surface area contributed by atoms with Gasteiger partial charge in [0.2, 0.25) is 5.91 Å². The quantitative estimate of drug-likeness (QED) is 0.569. The Morgan fingerprint density at radius 1 is 0.935 bits per heavy atom. The molecule has 0 aromatic heterocycles. The van der Waals surface area contributed by atoms with Gasteiger partial charge in [-0.1, -0.05) is 54.6 Å². The molecule has 0 aliphatic carbocycles. The Hall–Kier alpha value is -3.51. The Bertz CT molecular complexity index is 1020. The van der Waals surface area contributed by atoms with Gasteiger partial charge in [0.25, 0.3) is 5.91 Å². The second kappa shape index (κ2) is 10.5. The van der Waals surface area contributed by atoms with E-state index in [-0.39, 0.29) is 30.2 Å². The van der Waals surface area contributed by atoms with E-state index in [1.807, 2.05) is 49.2 Å². The minimum atomic E-state index is -0.291. The molecule has 0 aliphatic rings. The van der Waals surface area contributed by atoms with E-state index < -0.39 is 0 Å². The molecule has 0 saturated carbocycles. The van der Waals surface area contributed by atoms with Gasteiger partial charge >= 0.3 is 0 Å². The van der Waals surface area contributed by atoms with Crippen LogP contribution in [0.3, 0.4) is 0 Å². The molecule has 0 unspecified atom stereocenters. The lowest BCUT2D eigenvalue weighted by atomic mass is 10.1. The summed E-state index contributed by atoms with van der Waals surface area (Å²) in [6.07, 6.45) is 0. The molecule has 2 amide bonds. The predicted octanol–water partition coefficient (Wildman–Crippen LogP) is 4.39. The first-order valence-electron chi connectivity index (χ1n) is 10.1. The number of rotatable bonds is 8. The van der Waals surface area contributed by atoms with Gasteiger partial charge in [-0.2, -0.15) is 0 Å². The molecule has 3 rings (SSSR count). The Morgan fingerprint density at radius 3 is 2.29 bits per heavy atom. The van der Waals surface area contributed by atoms with Crippen molar-refractivity contribution < 1.29 is 14.0 Å². The summed E-state index contributed by atoms with van der Waals surface area (Å²) in [5.74, 6) is -0.784. The summed E-state index contributed by atoms with van der Waals surface area (Å²) < 4.78 is 13.0. The molecular formula is C25H26FN3O2. The Balaban J connectivity index is 1.60. The summed E-state index contributed by atoms with van der Waals surface area (Å²) in [4.78, 5) is 27.2. The van der Waals surface area contributed by atoms with Crippen LogP contribution < -0.4 is 10.6 Å². The summed E-state index contributed by atoms with van der Waals surface area (Å²) in [5, 5.41) is 5.80. The molecule has 31 heavy (non-hydrogen) atoms. The number of halogens is 1. The molecule has 160 valence electrons. The number of amides is 2. The second-order valence-corrected chi connectivity index (χ2v) is 7.50. The van der Waals surface area contributed by atoms with Crippen molar-refractivity contribution in [2.75, 3.05) is 18.9 Å². The van der Waals surface area contributed by atoms with Crippen LogP contribution >= 0.6 is 0 Å². The number of nitrogens with one attached hydrogen (secondary N) is 2. The van der Waals surface area contributed by atoms with Crippen molar-refractivity contribution in [1.82, 2.24) is 10.2 Å². The van der Waals surface area contributed by atoms with Gasteiger partial charge in [-0.25, -0.2) is 4.39 Å². The number of nitrogens with zero attached hydrogens (tertiary/aromatic N) is 1. The van der Waals surface area contributed by atoms with Gasteiger partial charge < -0.3 is 10.6 Å². The van der Waals surface area contributed by atoms with E-state index in [1.54, 1.807) is 36.4 Å².